The summed E-state index contributed by atoms with van der Waals surface area (Å²) in [5.41, 5.74) is 0. The fraction of sp³-hybridized carbons (Fsp3) is 0.725. The molecule has 0 aromatic rings. The van der Waals surface area contributed by atoms with Crippen molar-refractivity contribution in [2.24, 2.45) is 0 Å². The normalized spacial score (nSPS) is 12.7. The topological polar surface area (TPSA) is 78.9 Å². The van der Waals surface area contributed by atoms with Crippen LogP contribution in [0.3, 0.4) is 0 Å². The zero-order chi connectivity index (χ0) is 54.3. The van der Waals surface area contributed by atoms with Gasteiger partial charge in [-0.2, -0.15) is 0 Å². The number of ether oxygens (including phenoxy) is 3. The lowest BCUT2D eigenvalue weighted by molar-refractivity contribution is -0.167. The predicted molar refractivity (Wildman–Crippen MR) is 325 cm³/mol. The Hall–Kier alpha value is -3.67. The summed E-state index contributed by atoms with van der Waals surface area (Å²) in [7, 11) is 0. The van der Waals surface area contributed by atoms with Gasteiger partial charge in [0.15, 0.2) is 6.10 Å². The Morgan fingerprint density at radius 2 is 0.520 bits per heavy atom. The van der Waals surface area contributed by atoms with Crippen molar-refractivity contribution in [3.8, 4) is 0 Å². The molecule has 0 saturated heterocycles. The molecule has 0 spiro atoms. The predicted octanol–water partition coefficient (Wildman–Crippen LogP) is 21.7. The lowest BCUT2D eigenvalue weighted by Crippen LogP contribution is -2.30. The summed E-state index contributed by atoms with van der Waals surface area (Å²) in [5, 5.41) is 0. The molecule has 0 aromatic carbocycles. The van der Waals surface area contributed by atoms with Gasteiger partial charge in [0.1, 0.15) is 13.2 Å². The smallest absolute Gasteiger partial charge is 0.306 e. The molecule has 0 bridgehead atoms. The van der Waals surface area contributed by atoms with Crippen molar-refractivity contribution in [2.45, 2.75) is 309 Å². The zero-order valence-corrected chi connectivity index (χ0v) is 49.3. The zero-order valence-electron chi connectivity index (χ0n) is 49.3. The minimum absolute atomic E-state index is 0.0768. The lowest BCUT2D eigenvalue weighted by atomic mass is 10.0. The summed E-state index contributed by atoms with van der Waals surface area (Å²) in [6.45, 7) is 6.39. The third kappa shape index (κ3) is 61.1. The number of unbranched alkanes of at least 4 members (excludes halogenated alkanes) is 30. The monoisotopic (exact) mass is 1040 g/mol. The summed E-state index contributed by atoms with van der Waals surface area (Å²) in [5.74, 6) is -0.879. The van der Waals surface area contributed by atoms with Gasteiger partial charge in [-0.05, 0) is 96.3 Å². The highest BCUT2D eigenvalue weighted by Gasteiger charge is 2.19. The average Bonchev–Trinajstić information content (AvgIpc) is 3.41. The second-order valence-electron chi connectivity index (χ2n) is 20.9. The van der Waals surface area contributed by atoms with Gasteiger partial charge in [-0.1, -0.05) is 285 Å². The molecule has 0 N–H and O–H groups in total. The Bertz CT molecular complexity index is 1480. The maximum Gasteiger partial charge on any atom is 0.306 e. The maximum atomic E-state index is 12.9. The van der Waals surface area contributed by atoms with Gasteiger partial charge in [-0.3, -0.25) is 14.4 Å². The fourth-order valence-electron chi connectivity index (χ4n) is 8.90. The Kier molecular flexibility index (Phi) is 59.8. The van der Waals surface area contributed by atoms with Crippen LogP contribution in [0.2, 0.25) is 0 Å². The van der Waals surface area contributed by atoms with Crippen molar-refractivity contribution in [1.82, 2.24) is 0 Å². The molecule has 0 aliphatic carbocycles. The van der Waals surface area contributed by atoms with Crippen LogP contribution in [0.5, 0.6) is 0 Å². The van der Waals surface area contributed by atoms with E-state index in [1.165, 1.54) is 154 Å². The molecule has 0 heterocycles. The number of hydrogen-bond acceptors (Lipinski definition) is 6. The van der Waals surface area contributed by atoms with E-state index in [9.17, 15) is 14.4 Å². The minimum Gasteiger partial charge on any atom is -0.462 e. The van der Waals surface area contributed by atoms with Gasteiger partial charge < -0.3 is 14.2 Å². The molecular weight excluding hydrogens is 925 g/mol. The summed E-state index contributed by atoms with van der Waals surface area (Å²) in [4.78, 5) is 38.1. The quantitative estimate of drug-likeness (QED) is 0.0261. The second kappa shape index (κ2) is 62.9. The Labute approximate surface area is 464 Å². The van der Waals surface area contributed by atoms with E-state index in [4.69, 9.17) is 14.2 Å². The molecule has 6 nitrogen and oxygen atoms in total. The first-order valence-electron chi connectivity index (χ1n) is 31.7. The first kappa shape index (κ1) is 71.3. The van der Waals surface area contributed by atoms with E-state index in [-0.39, 0.29) is 31.1 Å². The summed E-state index contributed by atoms with van der Waals surface area (Å²) < 4.78 is 16.8. The molecule has 430 valence electrons. The van der Waals surface area contributed by atoms with Crippen LogP contribution in [0.1, 0.15) is 303 Å². The molecule has 0 saturated carbocycles. The highest BCUT2D eigenvalue weighted by molar-refractivity contribution is 5.71. The fourth-order valence-corrected chi connectivity index (χ4v) is 8.90. The van der Waals surface area contributed by atoms with E-state index in [0.29, 0.717) is 19.3 Å². The number of carbonyl (C=O) groups is 3. The van der Waals surface area contributed by atoms with Crippen molar-refractivity contribution >= 4 is 17.9 Å². The van der Waals surface area contributed by atoms with Crippen molar-refractivity contribution in [2.75, 3.05) is 13.2 Å². The molecular formula is C69H118O6. The third-order valence-corrected chi connectivity index (χ3v) is 13.6. The Morgan fingerprint density at radius 3 is 0.813 bits per heavy atom. The maximum absolute atomic E-state index is 12.9. The number of allylic oxidation sites excluding steroid dienone is 16. The van der Waals surface area contributed by atoms with Crippen LogP contribution >= 0.6 is 0 Å². The number of rotatable bonds is 57. The van der Waals surface area contributed by atoms with Crippen molar-refractivity contribution < 1.29 is 28.6 Å². The molecule has 0 radical (unpaired) electrons. The molecule has 0 aliphatic rings. The van der Waals surface area contributed by atoms with Crippen LogP contribution in [-0.4, -0.2) is 37.2 Å². The van der Waals surface area contributed by atoms with Crippen LogP contribution in [0.25, 0.3) is 0 Å². The first-order valence-corrected chi connectivity index (χ1v) is 31.7. The highest BCUT2D eigenvalue weighted by atomic mass is 16.6. The molecule has 1 atom stereocenters. The highest BCUT2D eigenvalue weighted by Crippen LogP contribution is 2.16. The SMILES string of the molecule is CC/C=C\C/C=C\C/C=C\C/C=C\CCCCCCCCCCCCCCCCC(=O)OCC(COC(=O)CCCCCCCCC)OC(=O)CCCCCCCCCCCC/C=C\C/C=C\C/C=C\C/C=C\CC. The van der Waals surface area contributed by atoms with Crippen molar-refractivity contribution in [3.63, 3.8) is 0 Å². The number of hydrogen-bond donors (Lipinski definition) is 0. The molecule has 6 heteroatoms. The van der Waals surface area contributed by atoms with E-state index in [0.717, 1.165) is 109 Å². The molecule has 0 rings (SSSR count). The van der Waals surface area contributed by atoms with Crippen LogP contribution in [0.15, 0.2) is 97.2 Å². The third-order valence-electron chi connectivity index (χ3n) is 13.6. The number of esters is 3. The van der Waals surface area contributed by atoms with Gasteiger partial charge >= 0.3 is 17.9 Å². The molecule has 0 aliphatic heterocycles. The molecule has 0 aromatic heterocycles. The average molecular weight is 1040 g/mol. The van der Waals surface area contributed by atoms with Crippen LogP contribution in [0, 0.1) is 0 Å². The van der Waals surface area contributed by atoms with Gasteiger partial charge in [0, 0.05) is 19.3 Å². The molecule has 0 amide bonds. The van der Waals surface area contributed by atoms with E-state index >= 15 is 0 Å². The molecule has 1 unspecified atom stereocenters. The van der Waals surface area contributed by atoms with E-state index in [2.05, 4.69) is 118 Å². The second-order valence-corrected chi connectivity index (χ2v) is 20.9. The lowest BCUT2D eigenvalue weighted by Gasteiger charge is -2.18. The molecule has 75 heavy (non-hydrogen) atoms. The number of carbonyl (C=O) groups excluding carboxylic acids is 3. The van der Waals surface area contributed by atoms with Gasteiger partial charge in [-0.15, -0.1) is 0 Å². The minimum atomic E-state index is -0.777. The van der Waals surface area contributed by atoms with Gasteiger partial charge in [0.05, 0.1) is 0 Å². The summed E-state index contributed by atoms with van der Waals surface area (Å²) in [6.07, 6.45) is 84.4. The van der Waals surface area contributed by atoms with Crippen molar-refractivity contribution in [3.05, 3.63) is 97.2 Å². The van der Waals surface area contributed by atoms with Gasteiger partial charge in [0.2, 0.25) is 0 Å². The van der Waals surface area contributed by atoms with Crippen LogP contribution < -0.4 is 0 Å². The Morgan fingerprint density at radius 1 is 0.280 bits per heavy atom. The standard InChI is InChI=1S/C69H118O6/c1-4-7-10-13-16-18-20-22-24-26-28-30-32-33-34-35-37-38-40-42-44-46-48-50-53-56-59-62-68(71)74-65-66(64-73-67(70)61-58-55-52-15-12-9-6-3)75-69(72)63-60-57-54-51-49-47-45-43-41-39-36-31-29-27-25-23-21-19-17-14-11-8-5-2/h7-8,10-11,16-19,22-25,28-31,66H,4-6,9,12-15,20-21,26-27,32-65H2,1-3H3/b10-7-,11-8-,18-16-,19-17-,24-22-,25-23-,30-28-,31-29-. The van der Waals surface area contributed by atoms with Crippen LogP contribution in [0.4, 0.5) is 0 Å². The van der Waals surface area contributed by atoms with Crippen LogP contribution in [-0.2, 0) is 28.6 Å². The van der Waals surface area contributed by atoms with Crippen molar-refractivity contribution in [1.29, 1.82) is 0 Å². The summed E-state index contributed by atoms with van der Waals surface area (Å²) >= 11 is 0. The van der Waals surface area contributed by atoms with E-state index in [1.807, 2.05) is 0 Å². The molecule has 0 fully saturated rings. The largest absolute Gasteiger partial charge is 0.462 e. The van der Waals surface area contributed by atoms with E-state index < -0.39 is 6.10 Å². The first-order chi connectivity index (χ1) is 37.0. The summed E-state index contributed by atoms with van der Waals surface area (Å²) in [6, 6.07) is 0. The van der Waals surface area contributed by atoms with Gasteiger partial charge in [0.25, 0.3) is 0 Å². The van der Waals surface area contributed by atoms with Gasteiger partial charge in [-0.25, -0.2) is 0 Å². The van der Waals surface area contributed by atoms with E-state index in [1.54, 1.807) is 0 Å². The Balaban J connectivity index is 4.12.